The number of carboxylic acid groups (broad SMARTS) is 1. The molecule has 0 radical (unpaired) electrons. The number of aryl methyl sites for hydroxylation is 1. The lowest BCUT2D eigenvalue weighted by molar-refractivity contribution is -0.0524. The SMILES string of the molecule is Cc1cccc(CO[C@@H]2CCC[C@H](OCCN(Cc3ccncc3)C(=O)Nc3ccccc3)C2)c1C(=O)O. The van der Waals surface area contributed by atoms with E-state index in [9.17, 15) is 14.7 Å². The lowest BCUT2D eigenvalue weighted by Gasteiger charge is -2.30. The van der Waals surface area contributed by atoms with Gasteiger partial charge in [0, 0.05) is 31.2 Å². The van der Waals surface area contributed by atoms with Gasteiger partial charge >= 0.3 is 12.0 Å². The number of urea groups is 1. The molecule has 1 heterocycles. The highest BCUT2D eigenvalue weighted by molar-refractivity contribution is 5.91. The van der Waals surface area contributed by atoms with Crippen LogP contribution < -0.4 is 5.32 Å². The molecule has 2 atom stereocenters. The first-order valence-corrected chi connectivity index (χ1v) is 13.0. The molecule has 38 heavy (non-hydrogen) atoms. The van der Waals surface area contributed by atoms with Gasteiger partial charge in [0.2, 0.25) is 0 Å². The second-order valence-electron chi connectivity index (χ2n) is 9.58. The molecule has 1 aliphatic carbocycles. The fourth-order valence-electron chi connectivity index (χ4n) is 4.78. The van der Waals surface area contributed by atoms with E-state index in [1.807, 2.05) is 54.6 Å². The first-order valence-electron chi connectivity index (χ1n) is 13.0. The van der Waals surface area contributed by atoms with Crippen LogP contribution in [0.1, 0.15) is 52.7 Å². The van der Waals surface area contributed by atoms with E-state index in [0.717, 1.165) is 42.5 Å². The van der Waals surface area contributed by atoms with E-state index < -0.39 is 5.97 Å². The predicted molar refractivity (Wildman–Crippen MR) is 145 cm³/mol. The molecule has 2 aromatic carbocycles. The zero-order valence-electron chi connectivity index (χ0n) is 21.7. The smallest absolute Gasteiger partial charge is 0.336 e. The molecule has 1 aromatic heterocycles. The van der Waals surface area contributed by atoms with E-state index in [2.05, 4.69) is 10.3 Å². The van der Waals surface area contributed by atoms with Gasteiger partial charge in [0.1, 0.15) is 0 Å². The van der Waals surface area contributed by atoms with Crippen molar-refractivity contribution in [3.8, 4) is 0 Å². The molecule has 0 bridgehead atoms. The summed E-state index contributed by atoms with van der Waals surface area (Å²) in [6, 6.07) is 18.5. The number of aromatic nitrogens is 1. The molecule has 1 saturated carbocycles. The molecule has 1 aliphatic rings. The van der Waals surface area contributed by atoms with Crippen LogP contribution in [0.25, 0.3) is 0 Å². The minimum absolute atomic E-state index is 0.00482. The fourth-order valence-corrected chi connectivity index (χ4v) is 4.78. The Balaban J connectivity index is 1.30. The van der Waals surface area contributed by atoms with Crippen LogP contribution in [0.4, 0.5) is 10.5 Å². The number of para-hydroxylation sites is 1. The van der Waals surface area contributed by atoms with Crippen LogP contribution in [0.2, 0.25) is 0 Å². The van der Waals surface area contributed by atoms with Crippen LogP contribution in [-0.2, 0) is 22.6 Å². The molecular formula is C30H35N3O5. The standard InChI is InChI=1S/C30H35N3O5/c1-22-7-5-8-24(28(22)29(34)35)21-38-27-12-6-11-26(19-27)37-18-17-33(20-23-13-15-31-16-14-23)30(36)32-25-9-3-2-4-10-25/h2-5,7-10,13-16,26-27H,6,11-12,17-21H2,1H3,(H,32,36)(H,34,35)/t26-,27+/m0/s1. The Kier molecular flexibility index (Phi) is 9.84. The number of ether oxygens (including phenoxy) is 2. The molecule has 200 valence electrons. The number of carboxylic acids is 1. The highest BCUT2D eigenvalue weighted by atomic mass is 16.5. The molecule has 0 saturated heterocycles. The quantitative estimate of drug-likeness (QED) is 0.340. The maximum Gasteiger partial charge on any atom is 0.336 e. The Bertz CT molecular complexity index is 1190. The van der Waals surface area contributed by atoms with Crippen molar-refractivity contribution >= 4 is 17.7 Å². The van der Waals surface area contributed by atoms with Gasteiger partial charge < -0.3 is 24.8 Å². The maximum atomic E-state index is 13.1. The topological polar surface area (TPSA) is 101 Å². The number of hydrogen-bond acceptors (Lipinski definition) is 5. The third-order valence-electron chi connectivity index (χ3n) is 6.78. The highest BCUT2D eigenvalue weighted by Crippen LogP contribution is 2.25. The number of nitrogens with one attached hydrogen (secondary N) is 1. The second kappa shape index (κ2) is 13.7. The average molecular weight is 518 g/mol. The number of amides is 2. The van der Waals surface area contributed by atoms with Crippen LogP contribution in [0.3, 0.4) is 0 Å². The Morgan fingerprint density at radius 2 is 1.74 bits per heavy atom. The van der Waals surface area contributed by atoms with Crippen molar-refractivity contribution in [2.45, 2.75) is 58.0 Å². The molecule has 1 fully saturated rings. The van der Waals surface area contributed by atoms with E-state index in [1.165, 1.54) is 0 Å². The fraction of sp³-hybridized carbons (Fsp3) is 0.367. The molecular weight excluding hydrogens is 482 g/mol. The Labute approximate surface area is 223 Å². The van der Waals surface area contributed by atoms with Crippen molar-refractivity contribution in [1.29, 1.82) is 0 Å². The summed E-state index contributed by atoms with van der Waals surface area (Å²) in [5.41, 5.74) is 3.48. The van der Waals surface area contributed by atoms with Crippen LogP contribution in [0.5, 0.6) is 0 Å². The normalized spacial score (nSPS) is 17.1. The van der Waals surface area contributed by atoms with Gasteiger partial charge in [-0.05, 0) is 73.6 Å². The van der Waals surface area contributed by atoms with Crippen LogP contribution >= 0.6 is 0 Å². The lowest BCUT2D eigenvalue weighted by Crippen LogP contribution is -2.38. The van der Waals surface area contributed by atoms with Crippen molar-refractivity contribution in [3.63, 3.8) is 0 Å². The third-order valence-corrected chi connectivity index (χ3v) is 6.78. The largest absolute Gasteiger partial charge is 0.478 e. The van der Waals surface area contributed by atoms with Gasteiger partial charge in [-0.2, -0.15) is 0 Å². The monoisotopic (exact) mass is 517 g/mol. The van der Waals surface area contributed by atoms with Gasteiger partial charge in [-0.3, -0.25) is 4.98 Å². The van der Waals surface area contributed by atoms with Gasteiger partial charge in [0.05, 0.1) is 31.0 Å². The summed E-state index contributed by atoms with van der Waals surface area (Å²) in [6.45, 7) is 3.36. The van der Waals surface area contributed by atoms with Crippen molar-refractivity contribution in [2.24, 2.45) is 0 Å². The summed E-state index contributed by atoms with van der Waals surface area (Å²) in [5.74, 6) is -0.931. The molecule has 2 amide bonds. The average Bonchev–Trinajstić information content (AvgIpc) is 2.92. The number of carbonyl (C=O) groups excluding carboxylic acids is 1. The highest BCUT2D eigenvalue weighted by Gasteiger charge is 2.24. The maximum absolute atomic E-state index is 13.1. The Hall–Kier alpha value is -3.75. The number of nitrogens with zero attached hydrogens (tertiary/aromatic N) is 2. The molecule has 3 aromatic rings. The van der Waals surface area contributed by atoms with Crippen molar-refractivity contribution in [1.82, 2.24) is 9.88 Å². The Morgan fingerprint density at radius 3 is 2.47 bits per heavy atom. The molecule has 8 heteroatoms. The van der Waals surface area contributed by atoms with E-state index in [1.54, 1.807) is 30.3 Å². The number of carbonyl (C=O) groups is 2. The summed E-state index contributed by atoms with van der Waals surface area (Å²) in [4.78, 5) is 30.5. The molecule has 2 N–H and O–H groups in total. The summed E-state index contributed by atoms with van der Waals surface area (Å²) in [7, 11) is 0. The molecule has 0 spiro atoms. The molecule has 0 unspecified atom stereocenters. The van der Waals surface area contributed by atoms with Gasteiger partial charge in [-0.25, -0.2) is 9.59 Å². The Morgan fingerprint density at radius 1 is 1.00 bits per heavy atom. The van der Waals surface area contributed by atoms with Gasteiger partial charge in [-0.15, -0.1) is 0 Å². The van der Waals surface area contributed by atoms with Gasteiger partial charge in [-0.1, -0.05) is 36.4 Å². The summed E-state index contributed by atoms with van der Waals surface area (Å²) in [6.07, 6.45) is 7.05. The number of benzene rings is 2. The minimum Gasteiger partial charge on any atom is -0.478 e. The number of hydrogen-bond donors (Lipinski definition) is 2. The zero-order valence-corrected chi connectivity index (χ0v) is 21.7. The van der Waals surface area contributed by atoms with Crippen LogP contribution in [0, 0.1) is 6.92 Å². The molecule has 4 rings (SSSR count). The number of pyridine rings is 1. The molecule has 8 nitrogen and oxygen atoms in total. The van der Waals surface area contributed by atoms with Gasteiger partial charge in [0.25, 0.3) is 0 Å². The second-order valence-corrected chi connectivity index (χ2v) is 9.58. The summed E-state index contributed by atoms with van der Waals surface area (Å²) >= 11 is 0. The summed E-state index contributed by atoms with van der Waals surface area (Å²) < 4.78 is 12.3. The number of rotatable bonds is 11. The number of aromatic carboxylic acids is 1. The predicted octanol–water partition coefficient (Wildman–Crippen LogP) is 5.67. The van der Waals surface area contributed by atoms with Crippen molar-refractivity contribution < 1.29 is 24.2 Å². The van der Waals surface area contributed by atoms with E-state index in [-0.39, 0.29) is 24.8 Å². The van der Waals surface area contributed by atoms with E-state index >= 15 is 0 Å². The third kappa shape index (κ3) is 7.87. The van der Waals surface area contributed by atoms with Gasteiger partial charge in [0.15, 0.2) is 0 Å². The van der Waals surface area contributed by atoms with Crippen LogP contribution in [-0.4, -0.2) is 52.4 Å². The first kappa shape index (κ1) is 27.3. The number of anilines is 1. The summed E-state index contributed by atoms with van der Waals surface area (Å²) in [5, 5.41) is 12.5. The van der Waals surface area contributed by atoms with Crippen molar-refractivity contribution in [3.05, 3.63) is 95.3 Å². The zero-order chi connectivity index (χ0) is 26.7. The minimum atomic E-state index is -0.931. The van der Waals surface area contributed by atoms with E-state index in [0.29, 0.717) is 30.8 Å². The lowest BCUT2D eigenvalue weighted by atomic mass is 9.94. The molecule has 0 aliphatic heterocycles. The van der Waals surface area contributed by atoms with E-state index in [4.69, 9.17) is 9.47 Å². The first-order chi connectivity index (χ1) is 18.5. The van der Waals surface area contributed by atoms with Crippen molar-refractivity contribution in [2.75, 3.05) is 18.5 Å². The van der Waals surface area contributed by atoms with Crippen LogP contribution in [0.15, 0.2) is 73.1 Å².